The highest BCUT2D eigenvalue weighted by Crippen LogP contribution is 2.13. The largest absolute Gasteiger partial charge is 0.376 e. The predicted octanol–water partition coefficient (Wildman–Crippen LogP) is 0.682. The van der Waals surface area contributed by atoms with E-state index in [9.17, 15) is 4.79 Å². The van der Waals surface area contributed by atoms with Gasteiger partial charge in [0, 0.05) is 27.1 Å². The Morgan fingerprint density at radius 1 is 1.75 bits per heavy atom. The molecule has 1 fully saturated rings. The molecule has 1 aliphatic rings. The molecule has 1 saturated heterocycles. The van der Waals surface area contributed by atoms with E-state index in [0.29, 0.717) is 6.04 Å². The number of likely N-dealkylation sites (N-methyl/N-ethyl adjacent to an activating group) is 1. The Morgan fingerprint density at radius 3 is 2.83 bits per heavy atom. The molecule has 12 heavy (non-hydrogen) atoms. The summed E-state index contributed by atoms with van der Waals surface area (Å²) in [5.74, 6) is 0.144. The molecule has 1 heterocycles. The summed E-state index contributed by atoms with van der Waals surface area (Å²) in [6.45, 7) is 7.26. The molecule has 0 aromatic carbocycles. The van der Waals surface area contributed by atoms with Crippen LogP contribution >= 0.6 is 0 Å². The quantitative estimate of drug-likeness (QED) is 0.605. The minimum absolute atomic E-state index is 0.144. The van der Waals surface area contributed by atoms with E-state index >= 15 is 0 Å². The zero-order valence-corrected chi connectivity index (χ0v) is 7.79. The van der Waals surface area contributed by atoms with Crippen LogP contribution in [0.25, 0.3) is 0 Å². The van der Waals surface area contributed by atoms with Gasteiger partial charge in [0.15, 0.2) is 0 Å². The standard InChI is InChI=1S/C9H16N2O/c1-4-11-6-5-9(7-11)10(3)8(2)12/h4,9H,1,5-7H2,2-3H3. The molecule has 3 nitrogen and oxygen atoms in total. The first kappa shape index (κ1) is 9.10. The van der Waals surface area contributed by atoms with Gasteiger partial charge in [-0.15, -0.1) is 0 Å². The van der Waals surface area contributed by atoms with Crippen LogP contribution in [0.5, 0.6) is 0 Å². The molecule has 1 aliphatic heterocycles. The third-order valence-corrected chi connectivity index (χ3v) is 2.50. The lowest BCUT2D eigenvalue weighted by molar-refractivity contribution is -0.129. The lowest BCUT2D eigenvalue weighted by Gasteiger charge is -2.22. The van der Waals surface area contributed by atoms with Gasteiger partial charge in [0.2, 0.25) is 5.91 Å². The second-order valence-corrected chi connectivity index (χ2v) is 3.25. The van der Waals surface area contributed by atoms with Gasteiger partial charge in [-0.25, -0.2) is 0 Å². The molecule has 68 valence electrons. The summed E-state index contributed by atoms with van der Waals surface area (Å²) in [5.41, 5.74) is 0. The summed E-state index contributed by atoms with van der Waals surface area (Å²) in [4.78, 5) is 15.0. The van der Waals surface area contributed by atoms with Crippen molar-refractivity contribution in [2.24, 2.45) is 0 Å². The Hall–Kier alpha value is -0.990. The van der Waals surface area contributed by atoms with Gasteiger partial charge < -0.3 is 9.80 Å². The smallest absolute Gasteiger partial charge is 0.219 e. The van der Waals surface area contributed by atoms with E-state index in [0.717, 1.165) is 19.5 Å². The van der Waals surface area contributed by atoms with E-state index in [4.69, 9.17) is 0 Å². The summed E-state index contributed by atoms with van der Waals surface area (Å²) in [5, 5.41) is 0. The van der Waals surface area contributed by atoms with Gasteiger partial charge in [-0.1, -0.05) is 6.58 Å². The highest BCUT2D eigenvalue weighted by atomic mass is 16.2. The van der Waals surface area contributed by atoms with Crippen molar-refractivity contribution in [2.75, 3.05) is 20.1 Å². The monoisotopic (exact) mass is 168 g/mol. The predicted molar refractivity (Wildman–Crippen MR) is 48.6 cm³/mol. The summed E-state index contributed by atoms with van der Waals surface area (Å²) in [6, 6.07) is 0.375. The van der Waals surface area contributed by atoms with E-state index in [-0.39, 0.29) is 5.91 Å². The molecule has 1 rings (SSSR count). The summed E-state index contributed by atoms with van der Waals surface area (Å²) in [6.07, 6.45) is 2.90. The van der Waals surface area contributed by atoms with E-state index < -0.39 is 0 Å². The van der Waals surface area contributed by atoms with Crippen molar-refractivity contribution in [3.05, 3.63) is 12.8 Å². The summed E-state index contributed by atoms with van der Waals surface area (Å²) >= 11 is 0. The number of likely N-dealkylation sites (tertiary alicyclic amines) is 1. The Labute approximate surface area is 73.6 Å². The molecule has 1 atom stereocenters. The van der Waals surface area contributed by atoms with E-state index in [1.54, 1.807) is 6.92 Å². The molecular weight excluding hydrogens is 152 g/mol. The highest BCUT2D eigenvalue weighted by molar-refractivity contribution is 5.73. The normalized spacial score (nSPS) is 22.5. The van der Waals surface area contributed by atoms with Gasteiger partial charge >= 0.3 is 0 Å². The van der Waals surface area contributed by atoms with Crippen LogP contribution in [0.1, 0.15) is 13.3 Å². The van der Waals surface area contributed by atoms with E-state index in [2.05, 4.69) is 11.5 Å². The molecule has 0 N–H and O–H groups in total. The zero-order valence-electron chi connectivity index (χ0n) is 7.79. The number of amides is 1. The Morgan fingerprint density at radius 2 is 2.42 bits per heavy atom. The van der Waals surface area contributed by atoms with E-state index in [1.807, 2.05) is 18.1 Å². The van der Waals surface area contributed by atoms with Crippen LogP contribution in [0.4, 0.5) is 0 Å². The molecular formula is C9H16N2O. The van der Waals surface area contributed by atoms with Crippen molar-refractivity contribution >= 4 is 5.91 Å². The number of carbonyl (C=O) groups excluding carboxylic acids is 1. The third-order valence-electron chi connectivity index (χ3n) is 2.50. The second-order valence-electron chi connectivity index (χ2n) is 3.25. The van der Waals surface area contributed by atoms with Crippen molar-refractivity contribution in [1.82, 2.24) is 9.80 Å². The molecule has 1 unspecified atom stereocenters. The molecule has 0 saturated carbocycles. The average molecular weight is 168 g/mol. The SMILES string of the molecule is C=CN1CCC(N(C)C(C)=O)C1. The minimum Gasteiger partial charge on any atom is -0.376 e. The molecule has 0 radical (unpaired) electrons. The lowest BCUT2D eigenvalue weighted by atomic mass is 10.2. The average Bonchev–Trinajstić information content (AvgIpc) is 2.50. The van der Waals surface area contributed by atoms with Gasteiger partial charge in [0.1, 0.15) is 0 Å². The van der Waals surface area contributed by atoms with Crippen molar-refractivity contribution < 1.29 is 4.79 Å². The molecule has 0 aromatic rings. The Bertz CT molecular complexity index is 191. The first-order chi connectivity index (χ1) is 5.65. The van der Waals surface area contributed by atoms with Crippen LogP contribution in [-0.4, -0.2) is 41.9 Å². The van der Waals surface area contributed by atoms with Crippen molar-refractivity contribution in [3.63, 3.8) is 0 Å². The fourth-order valence-electron chi connectivity index (χ4n) is 1.51. The zero-order chi connectivity index (χ0) is 9.14. The first-order valence-corrected chi connectivity index (χ1v) is 4.25. The van der Waals surface area contributed by atoms with Crippen LogP contribution < -0.4 is 0 Å². The second kappa shape index (κ2) is 3.61. The van der Waals surface area contributed by atoms with Crippen molar-refractivity contribution in [2.45, 2.75) is 19.4 Å². The van der Waals surface area contributed by atoms with Gasteiger partial charge in [-0.3, -0.25) is 4.79 Å². The van der Waals surface area contributed by atoms with Gasteiger partial charge in [0.05, 0.1) is 6.04 Å². The number of hydrogen-bond donors (Lipinski definition) is 0. The van der Waals surface area contributed by atoms with Gasteiger partial charge in [-0.05, 0) is 12.6 Å². The Kier molecular flexibility index (Phi) is 2.74. The number of carbonyl (C=O) groups is 1. The maximum Gasteiger partial charge on any atom is 0.219 e. The topological polar surface area (TPSA) is 23.6 Å². The van der Waals surface area contributed by atoms with Crippen LogP contribution in [-0.2, 0) is 4.79 Å². The summed E-state index contributed by atoms with van der Waals surface area (Å²) < 4.78 is 0. The van der Waals surface area contributed by atoms with Crippen LogP contribution in [0.2, 0.25) is 0 Å². The van der Waals surface area contributed by atoms with Crippen LogP contribution in [0.3, 0.4) is 0 Å². The molecule has 1 amide bonds. The fourth-order valence-corrected chi connectivity index (χ4v) is 1.51. The maximum atomic E-state index is 11.0. The minimum atomic E-state index is 0.144. The van der Waals surface area contributed by atoms with Gasteiger partial charge in [-0.2, -0.15) is 0 Å². The summed E-state index contributed by atoms with van der Waals surface area (Å²) in [7, 11) is 1.86. The van der Waals surface area contributed by atoms with Crippen molar-refractivity contribution in [3.8, 4) is 0 Å². The van der Waals surface area contributed by atoms with E-state index in [1.165, 1.54) is 0 Å². The first-order valence-electron chi connectivity index (χ1n) is 4.25. The highest BCUT2D eigenvalue weighted by Gasteiger charge is 2.24. The Balaban J connectivity index is 2.46. The number of hydrogen-bond acceptors (Lipinski definition) is 2. The molecule has 0 spiro atoms. The number of rotatable bonds is 2. The maximum absolute atomic E-state index is 11.0. The number of nitrogens with zero attached hydrogens (tertiary/aromatic N) is 2. The van der Waals surface area contributed by atoms with Crippen molar-refractivity contribution in [1.29, 1.82) is 0 Å². The van der Waals surface area contributed by atoms with Gasteiger partial charge in [0.25, 0.3) is 0 Å². The molecule has 0 bridgehead atoms. The molecule has 0 aliphatic carbocycles. The molecule has 3 heteroatoms. The lowest BCUT2D eigenvalue weighted by Crippen LogP contribution is -2.36. The molecule has 0 aromatic heterocycles. The third kappa shape index (κ3) is 1.78. The fraction of sp³-hybridized carbons (Fsp3) is 0.667. The van der Waals surface area contributed by atoms with Crippen LogP contribution in [0, 0.1) is 0 Å². The van der Waals surface area contributed by atoms with Crippen LogP contribution in [0.15, 0.2) is 12.8 Å².